The minimum atomic E-state index is -0.248. The maximum atomic E-state index is 5.89. The molecule has 0 aliphatic carbocycles. The Labute approximate surface area is 108 Å². The van der Waals surface area contributed by atoms with Crippen LogP contribution < -0.4 is 5.73 Å². The standard InChI is InChI=1S/C13H22IN/c1-6-11(2)7-8-13(5,14)10-9-12(3,4)15/h7-10H,2,6,15H2,1,3-5H3/b8-7-,10-9-. The highest BCUT2D eigenvalue weighted by molar-refractivity contribution is 14.1. The van der Waals surface area contributed by atoms with Gasteiger partial charge in [-0.2, -0.15) is 0 Å². The largest absolute Gasteiger partial charge is 0.322 e. The molecule has 1 unspecified atom stereocenters. The summed E-state index contributed by atoms with van der Waals surface area (Å²) in [5, 5.41) is 0. The van der Waals surface area contributed by atoms with Gasteiger partial charge in [0, 0.05) is 5.54 Å². The first-order valence-electron chi connectivity index (χ1n) is 5.21. The van der Waals surface area contributed by atoms with Gasteiger partial charge in [0.05, 0.1) is 3.42 Å². The topological polar surface area (TPSA) is 26.0 Å². The molecule has 2 heteroatoms. The van der Waals surface area contributed by atoms with E-state index in [0.29, 0.717) is 0 Å². The molecule has 0 spiro atoms. The lowest BCUT2D eigenvalue weighted by Gasteiger charge is -2.17. The zero-order chi connectivity index (χ0) is 12.1. The van der Waals surface area contributed by atoms with Gasteiger partial charge in [-0.05, 0) is 27.2 Å². The molecule has 1 atom stereocenters. The van der Waals surface area contributed by atoms with Crippen LogP contribution in [-0.2, 0) is 0 Å². The Morgan fingerprint density at radius 3 is 2.20 bits per heavy atom. The van der Waals surface area contributed by atoms with E-state index in [4.69, 9.17) is 5.73 Å². The van der Waals surface area contributed by atoms with Crippen LogP contribution >= 0.6 is 22.6 Å². The summed E-state index contributed by atoms with van der Waals surface area (Å²) < 4.78 is 0.00646. The van der Waals surface area contributed by atoms with Crippen molar-refractivity contribution in [3.05, 3.63) is 36.5 Å². The number of hydrogen-bond donors (Lipinski definition) is 1. The molecule has 0 aliphatic heterocycles. The maximum absolute atomic E-state index is 5.89. The average molecular weight is 319 g/mol. The van der Waals surface area contributed by atoms with Crippen molar-refractivity contribution in [1.29, 1.82) is 0 Å². The minimum absolute atomic E-state index is 0.00646. The number of rotatable bonds is 5. The Hall–Kier alpha value is -0.0900. The van der Waals surface area contributed by atoms with Gasteiger partial charge in [-0.15, -0.1) is 0 Å². The van der Waals surface area contributed by atoms with E-state index in [1.54, 1.807) is 0 Å². The van der Waals surface area contributed by atoms with Crippen LogP contribution in [0.15, 0.2) is 36.5 Å². The van der Waals surface area contributed by atoms with Gasteiger partial charge in [0.1, 0.15) is 0 Å². The summed E-state index contributed by atoms with van der Waals surface area (Å²) in [5.74, 6) is 0. The lowest BCUT2D eigenvalue weighted by atomic mass is 10.0. The van der Waals surface area contributed by atoms with Crippen molar-refractivity contribution < 1.29 is 0 Å². The molecule has 0 saturated carbocycles. The molecule has 1 nitrogen and oxygen atoms in total. The Kier molecular flexibility index (Phi) is 5.81. The predicted molar refractivity (Wildman–Crippen MR) is 78.4 cm³/mol. The molecule has 15 heavy (non-hydrogen) atoms. The highest BCUT2D eigenvalue weighted by atomic mass is 127. The number of halogens is 1. The number of alkyl halides is 1. The van der Waals surface area contributed by atoms with Crippen molar-refractivity contribution in [1.82, 2.24) is 0 Å². The third-order valence-electron chi connectivity index (χ3n) is 1.94. The molecule has 0 fully saturated rings. The number of nitrogens with two attached hydrogens (primary N) is 1. The Morgan fingerprint density at radius 1 is 1.27 bits per heavy atom. The van der Waals surface area contributed by atoms with Crippen LogP contribution in [0.3, 0.4) is 0 Å². The van der Waals surface area contributed by atoms with Crippen molar-refractivity contribution >= 4 is 22.6 Å². The fourth-order valence-corrected chi connectivity index (χ4v) is 1.19. The van der Waals surface area contributed by atoms with Crippen molar-refractivity contribution in [3.8, 4) is 0 Å². The van der Waals surface area contributed by atoms with Gasteiger partial charge in [-0.1, -0.05) is 66.0 Å². The summed E-state index contributed by atoms with van der Waals surface area (Å²) in [4.78, 5) is 0. The molecule has 0 aromatic rings. The van der Waals surface area contributed by atoms with Crippen molar-refractivity contribution in [3.63, 3.8) is 0 Å². The lowest BCUT2D eigenvalue weighted by Crippen LogP contribution is -2.29. The molecule has 0 heterocycles. The quantitative estimate of drug-likeness (QED) is 0.352. The molecule has 0 radical (unpaired) electrons. The van der Waals surface area contributed by atoms with Gasteiger partial charge in [-0.25, -0.2) is 0 Å². The summed E-state index contributed by atoms with van der Waals surface area (Å²) in [7, 11) is 0. The van der Waals surface area contributed by atoms with Crippen LogP contribution in [0.4, 0.5) is 0 Å². The normalized spacial score (nSPS) is 17.2. The molecule has 0 aromatic heterocycles. The molecule has 86 valence electrons. The molecule has 2 N–H and O–H groups in total. The lowest BCUT2D eigenvalue weighted by molar-refractivity contribution is 0.650. The van der Waals surface area contributed by atoms with Crippen LogP contribution in [0.5, 0.6) is 0 Å². The van der Waals surface area contributed by atoms with Crippen molar-refractivity contribution in [2.45, 2.75) is 43.1 Å². The highest BCUT2D eigenvalue weighted by Gasteiger charge is 2.13. The molecule has 0 aromatic carbocycles. The Balaban J connectivity index is 4.50. The summed E-state index contributed by atoms with van der Waals surface area (Å²) in [6.45, 7) is 12.2. The second-order valence-corrected chi connectivity index (χ2v) is 6.98. The second kappa shape index (κ2) is 5.85. The van der Waals surface area contributed by atoms with Crippen LogP contribution in [0.1, 0.15) is 34.1 Å². The third-order valence-corrected chi connectivity index (χ3v) is 2.66. The monoisotopic (exact) mass is 319 g/mol. The summed E-state index contributed by atoms with van der Waals surface area (Å²) in [6, 6.07) is 0. The van der Waals surface area contributed by atoms with Gasteiger partial charge >= 0.3 is 0 Å². The summed E-state index contributed by atoms with van der Waals surface area (Å²) in [6.07, 6.45) is 9.41. The van der Waals surface area contributed by atoms with Gasteiger partial charge < -0.3 is 5.73 Å². The van der Waals surface area contributed by atoms with Gasteiger partial charge in [0.25, 0.3) is 0 Å². The van der Waals surface area contributed by atoms with Crippen LogP contribution in [0.2, 0.25) is 0 Å². The molecule has 0 aliphatic rings. The van der Waals surface area contributed by atoms with Crippen LogP contribution in [-0.4, -0.2) is 8.96 Å². The predicted octanol–water partition coefficient (Wildman–Crippen LogP) is 4.00. The van der Waals surface area contributed by atoms with Crippen molar-refractivity contribution in [2.75, 3.05) is 0 Å². The first kappa shape index (κ1) is 14.9. The molecule has 0 rings (SSSR count). The van der Waals surface area contributed by atoms with Gasteiger partial charge in [-0.3, -0.25) is 0 Å². The van der Waals surface area contributed by atoms with E-state index in [-0.39, 0.29) is 8.96 Å². The Bertz CT molecular complexity index is 267. The van der Waals surface area contributed by atoms with Crippen molar-refractivity contribution in [2.24, 2.45) is 5.73 Å². The van der Waals surface area contributed by atoms with Gasteiger partial charge in [0.15, 0.2) is 0 Å². The van der Waals surface area contributed by atoms with Crippen LogP contribution in [0, 0.1) is 0 Å². The third kappa shape index (κ3) is 8.88. The first-order chi connectivity index (χ1) is 6.66. The van der Waals surface area contributed by atoms with E-state index in [1.807, 2.05) is 19.9 Å². The fourth-order valence-electron chi connectivity index (χ4n) is 0.832. The minimum Gasteiger partial charge on any atom is -0.322 e. The zero-order valence-corrected chi connectivity index (χ0v) is 12.3. The molecular weight excluding hydrogens is 297 g/mol. The summed E-state index contributed by atoms with van der Waals surface area (Å²) >= 11 is 2.40. The van der Waals surface area contributed by atoms with Gasteiger partial charge in [0.2, 0.25) is 0 Å². The molecule has 0 amide bonds. The molecule has 0 saturated heterocycles. The zero-order valence-electron chi connectivity index (χ0n) is 10.2. The first-order valence-corrected chi connectivity index (χ1v) is 6.29. The second-order valence-electron chi connectivity index (χ2n) is 4.65. The fraction of sp³-hybridized carbons (Fsp3) is 0.538. The van der Waals surface area contributed by atoms with Crippen LogP contribution in [0.25, 0.3) is 0 Å². The van der Waals surface area contributed by atoms with E-state index in [1.165, 1.54) is 0 Å². The van der Waals surface area contributed by atoms with E-state index in [2.05, 4.69) is 61.2 Å². The highest BCUT2D eigenvalue weighted by Crippen LogP contribution is 2.23. The van der Waals surface area contributed by atoms with E-state index in [0.717, 1.165) is 12.0 Å². The Morgan fingerprint density at radius 2 is 1.80 bits per heavy atom. The smallest absolute Gasteiger partial charge is 0.0556 e. The number of allylic oxidation sites excluding steroid dienone is 4. The number of hydrogen-bond acceptors (Lipinski definition) is 1. The van der Waals surface area contributed by atoms with E-state index < -0.39 is 0 Å². The molecular formula is C13H22IN. The van der Waals surface area contributed by atoms with E-state index >= 15 is 0 Å². The SMILES string of the molecule is C=C(/C=C\C(C)(I)/C=C\C(C)(C)N)CC. The maximum Gasteiger partial charge on any atom is 0.0556 e. The molecule has 0 bridgehead atoms. The van der Waals surface area contributed by atoms with E-state index in [9.17, 15) is 0 Å². The average Bonchev–Trinajstić information content (AvgIpc) is 2.10. The summed E-state index contributed by atoms with van der Waals surface area (Å²) in [5.41, 5.74) is 6.80.